The molecule has 15 heteroatoms. The maximum atomic E-state index is 13.2. The lowest BCUT2D eigenvalue weighted by Gasteiger charge is -2.25. The number of aromatic amines is 1. The molecular formula is C26H36N6O8S. The van der Waals surface area contributed by atoms with Crippen LogP contribution in [0.15, 0.2) is 30.5 Å². The van der Waals surface area contributed by atoms with Gasteiger partial charge in [0.25, 0.3) is 0 Å². The number of aromatic nitrogens is 1. The molecule has 4 amide bonds. The Kier molecular flexibility index (Phi) is 13.1. The number of hydrogen-bond acceptors (Lipinski definition) is 8. The molecule has 0 saturated carbocycles. The summed E-state index contributed by atoms with van der Waals surface area (Å²) in [6.07, 6.45) is 2.50. The molecule has 14 nitrogen and oxygen atoms in total. The molecule has 0 bridgehead atoms. The largest absolute Gasteiger partial charge is 0.481 e. The van der Waals surface area contributed by atoms with Crippen LogP contribution in [0.2, 0.25) is 0 Å². The third-order valence-corrected chi connectivity index (χ3v) is 6.91. The summed E-state index contributed by atoms with van der Waals surface area (Å²) in [6.45, 7) is 0. The molecule has 4 unspecified atom stereocenters. The number of benzene rings is 1. The van der Waals surface area contributed by atoms with Crippen LogP contribution in [-0.2, 0) is 35.2 Å². The number of primary amides is 1. The molecule has 2 rings (SSSR count). The van der Waals surface area contributed by atoms with Gasteiger partial charge < -0.3 is 42.6 Å². The lowest BCUT2D eigenvalue weighted by Crippen LogP contribution is -2.57. The summed E-state index contributed by atoms with van der Waals surface area (Å²) < 4.78 is 0. The number of aliphatic carboxylic acids is 2. The molecular weight excluding hydrogens is 556 g/mol. The maximum Gasteiger partial charge on any atom is 0.326 e. The van der Waals surface area contributed by atoms with Crippen molar-refractivity contribution in [2.24, 2.45) is 11.5 Å². The van der Waals surface area contributed by atoms with E-state index in [2.05, 4.69) is 20.9 Å². The Bertz CT molecular complexity index is 1250. The van der Waals surface area contributed by atoms with Crippen LogP contribution in [0, 0.1) is 0 Å². The molecule has 224 valence electrons. The van der Waals surface area contributed by atoms with Gasteiger partial charge in [0, 0.05) is 29.9 Å². The number of carbonyl (C=O) groups is 6. The van der Waals surface area contributed by atoms with Crippen molar-refractivity contribution >= 4 is 58.2 Å². The number of thioether (sulfide) groups is 1. The summed E-state index contributed by atoms with van der Waals surface area (Å²) in [5, 5.41) is 26.4. The lowest BCUT2D eigenvalue weighted by atomic mass is 10.0. The Morgan fingerprint density at radius 2 is 1.46 bits per heavy atom. The number of H-pyrrole nitrogens is 1. The first-order valence-electron chi connectivity index (χ1n) is 12.9. The zero-order valence-electron chi connectivity index (χ0n) is 22.6. The van der Waals surface area contributed by atoms with E-state index >= 15 is 0 Å². The molecule has 2 aromatic rings. The second-order valence-corrected chi connectivity index (χ2v) is 10.4. The van der Waals surface area contributed by atoms with Gasteiger partial charge >= 0.3 is 11.9 Å². The summed E-state index contributed by atoms with van der Waals surface area (Å²) >= 11 is 1.43. The number of nitrogens with two attached hydrogens (primary N) is 2. The molecule has 0 aliphatic carbocycles. The van der Waals surface area contributed by atoms with Gasteiger partial charge in [-0.3, -0.25) is 24.0 Å². The number of nitrogens with one attached hydrogen (secondary N) is 4. The van der Waals surface area contributed by atoms with Gasteiger partial charge in [0.05, 0.1) is 6.04 Å². The van der Waals surface area contributed by atoms with E-state index in [-0.39, 0.29) is 25.7 Å². The van der Waals surface area contributed by atoms with E-state index in [9.17, 15) is 33.9 Å². The van der Waals surface area contributed by atoms with Crippen LogP contribution in [0.4, 0.5) is 0 Å². The van der Waals surface area contributed by atoms with Crippen molar-refractivity contribution in [3.8, 4) is 0 Å². The third-order valence-electron chi connectivity index (χ3n) is 6.27. The standard InChI is InChI=1S/C26H36N6O8S/c1-41-11-10-19(30-23(36)16(27)12-14-13-29-17-5-3-2-4-15(14)17)25(38)31-18(6-8-21(28)33)24(37)32-20(26(39)40)7-9-22(34)35/h2-5,13,16,18-20,29H,6-12,27H2,1H3,(H2,28,33)(H,30,36)(H,31,38)(H,32,37)(H,34,35)(H,39,40). The molecule has 0 aliphatic rings. The molecule has 0 fully saturated rings. The Balaban J connectivity index is 2.13. The monoisotopic (exact) mass is 592 g/mol. The van der Waals surface area contributed by atoms with Crippen LogP contribution in [0.1, 0.15) is 37.7 Å². The fourth-order valence-corrected chi connectivity index (χ4v) is 4.51. The minimum Gasteiger partial charge on any atom is -0.481 e. The molecule has 0 aliphatic heterocycles. The Morgan fingerprint density at radius 1 is 0.878 bits per heavy atom. The first-order chi connectivity index (χ1) is 19.4. The van der Waals surface area contributed by atoms with Gasteiger partial charge in [-0.2, -0.15) is 11.8 Å². The fraction of sp³-hybridized carbons (Fsp3) is 0.462. The zero-order chi connectivity index (χ0) is 30.5. The molecule has 0 radical (unpaired) electrons. The van der Waals surface area contributed by atoms with Gasteiger partial charge in [0.1, 0.15) is 18.1 Å². The van der Waals surface area contributed by atoms with Crippen molar-refractivity contribution in [2.45, 2.75) is 62.7 Å². The SMILES string of the molecule is CSCCC(NC(=O)C(N)Cc1c[nH]c2ccccc12)C(=O)NC(CCC(N)=O)C(=O)NC(CCC(=O)O)C(=O)O. The van der Waals surface area contributed by atoms with Crippen molar-refractivity contribution in [1.29, 1.82) is 0 Å². The average molecular weight is 593 g/mol. The van der Waals surface area contributed by atoms with Crippen LogP contribution in [0.3, 0.4) is 0 Å². The number of hydrogen-bond donors (Lipinski definition) is 8. The highest BCUT2D eigenvalue weighted by Gasteiger charge is 2.30. The minimum atomic E-state index is -1.54. The average Bonchev–Trinajstić information content (AvgIpc) is 3.32. The van der Waals surface area contributed by atoms with Crippen LogP contribution in [-0.4, -0.2) is 86.9 Å². The van der Waals surface area contributed by atoms with Gasteiger partial charge in [-0.05, 0) is 49.3 Å². The zero-order valence-corrected chi connectivity index (χ0v) is 23.4. The van der Waals surface area contributed by atoms with Crippen molar-refractivity contribution in [2.75, 3.05) is 12.0 Å². The van der Waals surface area contributed by atoms with Gasteiger partial charge in [-0.15, -0.1) is 0 Å². The molecule has 1 heterocycles. The predicted octanol–water partition coefficient (Wildman–Crippen LogP) is -0.540. The summed E-state index contributed by atoms with van der Waals surface area (Å²) in [5.74, 6) is -5.27. The second kappa shape index (κ2) is 16.2. The third kappa shape index (κ3) is 10.8. The number of carboxylic acids is 2. The normalized spacial score (nSPS) is 13.9. The highest BCUT2D eigenvalue weighted by atomic mass is 32.2. The second-order valence-electron chi connectivity index (χ2n) is 9.41. The van der Waals surface area contributed by atoms with Gasteiger partial charge in [0.15, 0.2) is 0 Å². The number of carbonyl (C=O) groups excluding carboxylic acids is 4. The molecule has 41 heavy (non-hydrogen) atoms. The molecule has 1 aromatic heterocycles. The molecule has 0 spiro atoms. The van der Waals surface area contributed by atoms with E-state index in [0.29, 0.717) is 5.75 Å². The van der Waals surface area contributed by atoms with Crippen molar-refractivity contribution in [3.63, 3.8) is 0 Å². The maximum absolute atomic E-state index is 13.2. The van der Waals surface area contributed by atoms with E-state index in [1.54, 1.807) is 6.20 Å². The first kappa shape index (κ1) is 33.1. The van der Waals surface area contributed by atoms with Gasteiger partial charge in [-0.1, -0.05) is 18.2 Å². The first-order valence-corrected chi connectivity index (χ1v) is 14.3. The number of amides is 4. The fourth-order valence-electron chi connectivity index (χ4n) is 4.04. The Morgan fingerprint density at radius 3 is 2.07 bits per heavy atom. The highest BCUT2D eigenvalue weighted by Crippen LogP contribution is 2.19. The van der Waals surface area contributed by atoms with Crippen molar-refractivity contribution < 1.29 is 39.0 Å². The van der Waals surface area contributed by atoms with E-state index in [0.717, 1.165) is 16.5 Å². The Hall–Kier alpha value is -4.11. The van der Waals surface area contributed by atoms with Crippen molar-refractivity contribution in [1.82, 2.24) is 20.9 Å². The van der Waals surface area contributed by atoms with Gasteiger partial charge in [0.2, 0.25) is 23.6 Å². The molecule has 4 atom stereocenters. The predicted molar refractivity (Wildman–Crippen MR) is 152 cm³/mol. The Labute approximate surface area is 240 Å². The lowest BCUT2D eigenvalue weighted by molar-refractivity contribution is -0.143. The summed E-state index contributed by atoms with van der Waals surface area (Å²) in [7, 11) is 0. The number of rotatable bonds is 18. The number of fused-ring (bicyclic) bond motifs is 1. The van der Waals surface area contributed by atoms with E-state index < -0.39 is 72.6 Å². The molecule has 1 aromatic carbocycles. The summed E-state index contributed by atoms with van der Waals surface area (Å²) in [4.78, 5) is 76.0. The molecule has 10 N–H and O–H groups in total. The van der Waals surface area contributed by atoms with Crippen LogP contribution >= 0.6 is 11.8 Å². The molecule has 0 saturated heterocycles. The van der Waals surface area contributed by atoms with E-state index in [1.807, 2.05) is 30.5 Å². The van der Waals surface area contributed by atoms with Gasteiger partial charge in [-0.25, -0.2) is 4.79 Å². The number of carboxylic acid groups (broad SMARTS) is 2. The highest BCUT2D eigenvalue weighted by molar-refractivity contribution is 7.98. The smallest absolute Gasteiger partial charge is 0.326 e. The van der Waals surface area contributed by atoms with E-state index in [1.165, 1.54) is 11.8 Å². The minimum absolute atomic E-state index is 0.194. The topological polar surface area (TPSA) is 247 Å². The van der Waals surface area contributed by atoms with Crippen LogP contribution < -0.4 is 27.4 Å². The summed E-state index contributed by atoms with van der Waals surface area (Å²) in [5.41, 5.74) is 13.1. The van der Waals surface area contributed by atoms with Crippen molar-refractivity contribution in [3.05, 3.63) is 36.0 Å². The quantitative estimate of drug-likeness (QED) is 0.110. The summed E-state index contributed by atoms with van der Waals surface area (Å²) in [6, 6.07) is 2.53. The van der Waals surface area contributed by atoms with E-state index in [4.69, 9.17) is 16.6 Å². The number of para-hydroxylation sites is 1. The van der Waals surface area contributed by atoms with Crippen LogP contribution in [0.5, 0.6) is 0 Å². The van der Waals surface area contributed by atoms with Crippen LogP contribution in [0.25, 0.3) is 10.9 Å².